The van der Waals surface area contributed by atoms with Crippen LogP contribution in [0, 0.1) is 10.1 Å². The molecular weight excluding hydrogens is 238 g/mol. The number of hydrogen-bond donors (Lipinski definition) is 3. The predicted octanol–water partition coefficient (Wildman–Crippen LogP) is 0.725. The van der Waals surface area contributed by atoms with Crippen molar-refractivity contribution in [1.29, 1.82) is 0 Å². The molecule has 1 aromatic rings. The summed E-state index contributed by atoms with van der Waals surface area (Å²) < 4.78 is 0. The second-order valence-corrected chi connectivity index (χ2v) is 3.46. The van der Waals surface area contributed by atoms with Crippen LogP contribution in [0.4, 0.5) is 5.69 Å². The van der Waals surface area contributed by atoms with E-state index in [9.17, 15) is 14.9 Å². The van der Waals surface area contributed by atoms with Crippen molar-refractivity contribution in [2.45, 2.75) is 6.42 Å². The van der Waals surface area contributed by atoms with E-state index < -0.39 is 10.8 Å². The fourth-order valence-corrected chi connectivity index (χ4v) is 1.15. The summed E-state index contributed by atoms with van der Waals surface area (Å²) >= 11 is 0. The minimum absolute atomic E-state index is 0.0702. The predicted molar refractivity (Wildman–Crippen MR) is 64.5 cm³/mol. The molecular formula is C11H13N3O4. The quantitative estimate of drug-likeness (QED) is 0.510. The molecule has 1 amide bonds. The van der Waals surface area contributed by atoms with E-state index in [1.807, 2.05) is 0 Å². The van der Waals surface area contributed by atoms with Crippen molar-refractivity contribution in [2.75, 3.05) is 6.61 Å². The SMILES string of the molecule is C=C(CCO)NNC(=O)c1ccc([N+](=O)[O-])cc1. The van der Waals surface area contributed by atoms with E-state index >= 15 is 0 Å². The van der Waals surface area contributed by atoms with E-state index in [2.05, 4.69) is 17.4 Å². The third kappa shape index (κ3) is 3.87. The van der Waals surface area contributed by atoms with Gasteiger partial charge >= 0.3 is 0 Å². The van der Waals surface area contributed by atoms with Gasteiger partial charge < -0.3 is 10.5 Å². The van der Waals surface area contributed by atoms with E-state index in [1.54, 1.807) is 0 Å². The molecule has 0 unspecified atom stereocenters. The lowest BCUT2D eigenvalue weighted by Gasteiger charge is -2.09. The van der Waals surface area contributed by atoms with Gasteiger partial charge in [0.1, 0.15) is 0 Å². The Labute approximate surface area is 103 Å². The van der Waals surface area contributed by atoms with Gasteiger partial charge in [0.2, 0.25) is 0 Å². The van der Waals surface area contributed by atoms with Crippen LogP contribution in [0.3, 0.4) is 0 Å². The first-order chi connectivity index (χ1) is 8.54. The number of nitro groups is 1. The maximum atomic E-state index is 11.6. The number of nitrogens with one attached hydrogen (secondary N) is 2. The van der Waals surface area contributed by atoms with Gasteiger partial charge in [0, 0.05) is 36.4 Å². The molecule has 0 aliphatic rings. The highest BCUT2D eigenvalue weighted by Crippen LogP contribution is 2.11. The Hall–Kier alpha value is -2.41. The highest BCUT2D eigenvalue weighted by atomic mass is 16.6. The Morgan fingerprint density at radius 2 is 1.94 bits per heavy atom. The van der Waals surface area contributed by atoms with Gasteiger partial charge in [-0.05, 0) is 12.1 Å². The lowest BCUT2D eigenvalue weighted by molar-refractivity contribution is -0.384. The van der Waals surface area contributed by atoms with Gasteiger partial charge in [0.15, 0.2) is 0 Å². The molecule has 0 heterocycles. The van der Waals surface area contributed by atoms with Crippen LogP contribution in [-0.2, 0) is 0 Å². The van der Waals surface area contributed by atoms with Crippen LogP contribution in [-0.4, -0.2) is 22.5 Å². The van der Waals surface area contributed by atoms with Crippen LogP contribution in [0.2, 0.25) is 0 Å². The van der Waals surface area contributed by atoms with E-state index in [0.29, 0.717) is 12.1 Å². The molecule has 0 fully saturated rings. The Bertz CT molecular complexity index is 456. The maximum absolute atomic E-state index is 11.6. The molecule has 7 nitrogen and oxygen atoms in total. The number of benzene rings is 1. The molecule has 0 aromatic heterocycles. The lowest BCUT2D eigenvalue weighted by Crippen LogP contribution is -2.36. The average molecular weight is 251 g/mol. The summed E-state index contributed by atoms with van der Waals surface area (Å²) in [6.07, 6.45) is 0.320. The Balaban J connectivity index is 2.56. The third-order valence-electron chi connectivity index (χ3n) is 2.11. The average Bonchev–Trinajstić information content (AvgIpc) is 2.36. The van der Waals surface area contributed by atoms with E-state index in [-0.39, 0.29) is 17.9 Å². The Morgan fingerprint density at radius 1 is 1.33 bits per heavy atom. The van der Waals surface area contributed by atoms with Crippen molar-refractivity contribution < 1.29 is 14.8 Å². The van der Waals surface area contributed by atoms with Gasteiger partial charge in [0.25, 0.3) is 11.6 Å². The summed E-state index contributed by atoms with van der Waals surface area (Å²) in [4.78, 5) is 21.5. The number of carbonyl (C=O) groups excluding carboxylic acids is 1. The van der Waals surface area contributed by atoms with E-state index in [0.717, 1.165) is 0 Å². The second-order valence-electron chi connectivity index (χ2n) is 3.46. The number of nitro benzene ring substituents is 1. The second kappa shape index (κ2) is 6.36. The first-order valence-electron chi connectivity index (χ1n) is 5.14. The summed E-state index contributed by atoms with van der Waals surface area (Å²) in [6.45, 7) is 3.50. The lowest BCUT2D eigenvalue weighted by atomic mass is 10.2. The number of carbonyl (C=O) groups is 1. The molecule has 7 heteroatoms. The minimum Gasteiger partial charge on any atom is -0.396 e. The van der Waals surface area contributed by atoms with E-state index in [1.165, 1.54) is 24.3 Å². The zero-order chi connectivity index (χ0) is 13.5. The number of hydrazine groups is 1. The summed E-state index contributed by atoms with van der Waals surface area (Å²) in [5.41, 5.74) is 5.56. The summed E-state index contributed by atoms with van der Waals surface area (Å²) in [5.74, 6) is -0.441. The summed E-state index contributed by atoms with van der Waals surface area (Å²) in [6, 6.07) is 5.20. The fraction of sp³-hybridized carbons (Fsp3) is 0.182. The number of rotatable bonds is 6. The summed E-state index contributed by atoms with van der Waals surface area (Å²) in [7, 11) is 0. The third-order valence-corrected chi connectivity index (χ3v) is 2.11. The standard InChI is InChI=1S/C11H13N3O4/c1-8(6-7-15)12-13-11(16)9-2-4-10(5-3-9)14(17)18/h2-5,12,15H,1,6-7H2,(H,13,16). The van der Waals surface area contributed by atoms with Crippen LogP contribution < -0.4 is 10.9 Å². The molecule has 0 spiro atoms. The van der Waals surface area contributed by atoms with Gasteiger partial charge in [-0.1, -0.05) is 6.58 Å². The number of aliphatic hydroxyl groups excluding tert-OH is 1. The van der Waals surface area contributed by atoms with Crippen molar-refractivity contribution in [3.8, 4) is 0 Å². The van der Waals surface area contributed by atoms with Crippen LogP contribution in [0.25, 0.3) is 0 Å². The molecule has 0 saturated carbocycles. The highest BCUT2D eigenvalue weighted by molar-refractivity contribution is 5.94. The maximum Gasteiger partial charge on any atom is 0.269 e. The fourth-order valence-electron chi connectivity index (χ4n) is 1.15. The van der Waals surface area contributed by atoms with Crippen LogP contribution in [0.5, 0.6) is 0 Å². The zero-order valence-electron chi connectivity index (χ0n) is 9.55. The number of non-ortho nitro benzene ring substituents is 1. The molecule has 3 N–H and O–H groups in total. The molecule has 0 radical (unpaired) electrons. The molecule has 0 aliphatic heterocycles. The minimum atomic E-state index is -0.539. The number of amides is 1. The molecule has 0 aliphatic carbocycles. The number of hydrogen-bond acceptors (Lipinski definition) is 5. The van der Waals surface area contributed by atoms with Gasteiger partial charge in [-0.15, -0.1) is 0 Å². The van der Waals surface area contributed by atoms with E-state index in [4.69, 9.17) is 5.11 Å². The van der Waals surface area contributed by atoms with Gasteiger partial charge in [-0.2, -0.15) is 0 Å². The highest BCUT2D eigenvalue weighted by Gasteiger charge is 2.08. The monoisotopic (exact) mass is 251 g/mol. The molecule has 0 saturated heterocycles. The number of aliphatic hydroxyl groups is 1. The Morgan fingerprint density at radius 3 is 2.44 bits per heavy atom. The molecule has 18 heavy (non-hydrogen) atoms. The zero-order valence-corrected chi connectivity index (χ0v) is 9.55. The largest absolute Gasteiger partial charge is 0.396 e. The van der Waals surface area contributed by atoms with Crippen LogP contribution >= 0.6 is 0 Å². The smallest absolute Gasteiger partial charge is 0.269 e. The summed E-state index contributed by atoms with van der Waals surface area (Å²) in [5, 5.41) is 19.1. The van der Waals surface area contributed by atoms with Gasteiger partial charge in [0.05, 0.1) is 4.92 Å². The van der Waals surface area contributed by atoms with Crippen molar-refractivity contribution in [3.05, 3.63) is 52.2 Å². The van der Waals surface area contributed by atoms with Crippen LogP contribution in [0.15, 0.2) is 36.5 Å². The molecule has 0 atom stereocenters. The van der Waals surface area contributed by atoms with Crippen molar-refractivity contribution in [1.82, 2.24) is 10.9 Å². The number of nitrogens with zero attached hydrogens (tertiary/aromatic N) is 1. The topological polar surface area (TPSA) is 104 Å². The molecule has 96 valence electrons. The van der Waals surface area contributed by atoms with Crippen molar-refractivity contribution >= 4 is 11.6 Å². The molecule has 1 aromatic carbocycles. The van der Waals surface area contributed by atoms with Gasteiger partial charge in [-0.25, -0.2) is 0 Å². The molecule has 0 bridgehead atoms. The first-order valence-corrected chi connectivity index (χ1v) is 5.14. The van der Waals surface area contributed by atoms with Crippen molar-refractivity contribution in [2.24, 2.45) is 0 Å². The Kier molecular flexibility index (Phi) is 4.82. The van der Waals surface area contributed by atoms with Crippen LogP contribution in [0.1, 0.15) is 16.8 Å². The normalized spacial score (nSPS) is 9.61. The molecule has 1 rings (SSSR count). The van der Waals surface area contributed by atoms with Gasteiger partial charge in [-0.3, -0.25) is 20.3 Å². The first kappa shape index (κ1) is 13.7. The van der Waals surface area contributed by atoms with Crippen molar-refractivity contribution in [3.63, 3.8) is 0 Å².